The normalized spacial score (nSPS) is 20.1. The molecule has 2 aliphatic rings. The fraction of sp³-hybridized carbons (Fsp3) is 0.760. The Morgan fingerprint density at radius 1 is 0.886 bits per heavy atom. The van der Waals surface area contributed by atoms with Gasteiger partial charge in [0.1, 0.15) is 12.2 Å². The van der Waals surface area contributed by atoms with Crippen molar-refractivity contribution >= 4 is 59.2 Å². The lowest BCUT2D eigenvalue weighted by Gasteiger charge is -2.29. The molecule has 2 aliphatic heterocycles. The third kappa shape index (κ3) is 14.1. The van der Waals surface area contributed by atoms with Crippen molar-refractivity contribution in [3.63, 3.8) is 0 Å². The number of ether oxygens (including phenoxy) is 2. The molecule has 0 spiro atoms. The summed E-state index contributed by atoms with van der Waals surface area (Å²) < 4.78 is 11.2. The van der Waals surface area contributed by atoms with Gasteiger partial charge in [-0.1, -0.05) is 45.1 Å². The van der Waals surface area contributed by atoms with Crippen LogP contribution in [-0.4, -0.2) is 83.5 Å². The van der Waals surface area contributed by atoms with Gasteiger partial charge in [0.05, 0.1) is 0 Å². The Labute approximate surface area is 228 Å². The Morgan fingerprint density at radius 2 is 1.31 bits per heavy atom. The van der Waals surface area contributed by atoms with Crippen molar-refractivity contribution in [2.45, 2.75) is 45.8 Å². The molecule has 0 aromatic carbocycles. The van der Waals surface area contributed by atoms with Gasteiger partial charge in [-0.05, 0) is 24.2 Å². The average Bonchev–Trinajstić information content (AvgIpc) is 2.74. The zero-order valence-corrected chi connectivity index (χ0v) is 24.7. The number of alkyl carbamates (subject to hydrolysis) is 2. The first kappa shape index (κ1) is 30.6. The molecule has 10 heteroatoms. The van der Waals surface area contributed by atoms with Gasteiger partial charge in [-0.3, -0.25) is 0 Å². The molecular weight excluding hydrogens is 521 g/mol. The Morgan fingerprint density at radius 3 is 1.77 bits per heavy atom. The summed E-state index contributed by atoms with van der Waals surface area (Å²) in [6, 6.07) is 0. The Balaban J connectivity index is 1.60. The quantitative estimate of drug-likeness (QED) is 0.347. The van der Waals surface area contributed by atoms with Crippen molar-refractivity contribution in [2.75, 3.05) is 59.1 Å². The molecule has 2 heterocycles. The molecule has 0 aromatic rings. The molecule has 6 nitrogen and oxygen atoms in total. The maximum Gasteiger partial charge on any atom is 0.407 e. The van der Waals surface area contributed by atoms with Gasteiger partial charge in [-0.25, -0.2) is 9.59 Å². The van der Waals surface area contributed by atoms with E-state index in [1.54, 1.807) is 47.0 Å². The molecule has 35 heavy (non-hydrogen) atoms. The number of hydrogen-bond acceptors (Lipinski definition) is 8. The summed E-state index contributed by atoms with van der Waals surface area (Å²) in [6.07, 6.45) is 1.00. The summed E-state index contributed by atoms with van der Waals surface area (Å²) in [4.78, 5) is 24.5. The van der Waals surface area contributed by atoms with Crippen LogP contribution in [0.2, 0.25) is 0 Å². The predicted molar refractivity (Wildman–Crippen MR) is 156 cm³/mol. The van der Waals surface area contributed by atoms with Gasteiger partial charge in [0, 0.05) is 59.1 Å². The van der Waals surface area contributed by atoms with Crippen molar-refractivity contribution < 1.29 is 19.1 Å². The molecule has 1 atom stereocenters. The Kier molecular flexibility index (Phi) is 14.3. The van der Waals surface area contributed by atoms with E-state index in [9.17, 15) is 9.59 Å². The lowest BCUT2D eigenvalue weighted by molar-refractivity contribution is 0.113. The lowest BCUT2D eigenvalue weighted by Crippen LogP contribution is -2.38. The van der Waals surface area contributed by atoms with Crippen LogP contribution in [0.4, 0.5) is 9.59 Å². The molecule has 1 unspecified atom stereocenters. The molecule has 0 radical (unpaired) electrons. The third-order valence-electron chi connectivity index (χ3n) is 5.51. The topological polar surface area (TPSA) is 76.7 Å². The van der Waals surface area contributed by atoms with Crippen molar-refractivity contribution in [3.8, 4) is 0 Å². The fourth-order valence-electron chi connectivity index (χ4n) is 3.89. The second-order valence-corrected chi connectivity index (χ2v) is 14.3. The van der Waals surface area contributed by atoms with Crippen LogP contribution in [0.1, 0.15) is 33.6 Å². The molecule has 2 rings (SSSR count). The summed E-state index contributed by atoms with van der Waals surface area (Å²) >= 11 is 7.11. The van der Waals surface area contributed by atoms with E-state index in [0.29, 0.717) is 19.0 Å². The minimum Gasteiger partial charge on any atom is -0.444 e. The number of hydrogen-bond donors (Lipinski definition) is 2. The highest BCUT2D eigenvalue weighted by atomic mass is 32.2. The van der Waals surface area contributed by atoms with E-state index >= 15 is 0 Å². The Hall–Kier alpha value is -0.580. The van der Waals surface area contributed by atoms with Crippen LogP contribution in [-0.2, 0) is 9.47 Å². The van der Waals surface area contributed by atoms with E-state index in [1.807, 2.05) is 0 Å². The van der Waals surface area contributed by atoms with Crippen molar-refractivity contribution in [1.82, 2.24) is 10.6 Å². The number of amides is 2. The highest BCUT2D eigenvalue weighted by Gasteiger charge is 2.24. The van der Waals surface area contributed by atoms with E-state index in [4.69, 9.17) is 9.47 Å². The largest absolute Gasteiger partial charge is 0.444 e. The lowest BCUT2D eigenvalue weighted by atomic mass is 9.82. The summed E-state index contributed by atoms with van der Waals surface area (Å²) in [5.41, 5.74) is 2.41. The van der Waals surface area contributed by atoms with E-state index in [1.165, 1.54) is 11.1 Å². The second-order valence-electron chi connectivity index (χ2n) is 10.2. The maximum absolute atomic E-state index is 12.3. The van der Waals surface area contributed by atoms with Gasteiger partial charge >= 0.3 is 12.2 Å². The molecule has 2 amide bonds. The number of rotatable bonds is 9. The van der Waals surface area contributed by atoms with Crippen molar-refractivity contribution in [3.05, 3.63) is 24.3 Å². The summed E-state index contributed by atoms with van der Waals surface area (Å²) in [6.45, 7) is 15.7. The van der Waals surface area contributed by atoms with Crippen LogP contribution < -0.4 is 10.6 Å². The fourth-order valence-corrected chi connectivity index (χ4v) is 8.28. The first-order valence-electron chi connectivity index (χ1n) is 12.2. The average molecular weight is 563 g/mol. The van der Waals surface area contributed by atoms with Crippen LogP contribution >= 0.6 is 47.0 Å². The predicted octanol–water partition coefficient (Wildman–Crippen LogP) is 5.69. The number of carbonyl (C=O) groups excluding carboxylic acids is 2. The van der Waals surface area contributed by atoms with Crippen molar-refractivity contribution in [2.24, 2.45) is 11.3 Å². The molecular formula is C25H42N2O4S4. The van der Waals surface area contributed by atoms with Crippen LogP contribution in [0.15, 0.2) is 24.3 Å². The first-order valence-corrected chi connectivity index (χ1v) is 16.8. The van der Waals surface area contributed by atoms with Gasteiger partial charge in [-0.2, -0.15) is 47.0 Å². The molecule has 0 bridgehead atoms. The monoisotopic (exact) mass is 562 g/mol. The summed E-state index contributed by atoms with van der Waals surface area (Å²) in [5.74, 6) is 7.37. The molecule has 2 N–H and O–H groups in total. The van der Waals surface area contributed by atoms with E-state index in [2.05, 4.69) is 44.6 Å². The van der Waals surface area contributed by atoms with Crippen LogP contribution in [0.3, 0.4) is 0 Å². The number of thioether (sulfide) groups is 4. The molecule has 2 fully saturated rings. The smallest absolute Gasteiger partial charge is 0.407 e. The maximum atomic E-state index is 12.3. The third-order valence-corrected chi connectivity index (χ3v) is 10.4. The van der Waals surface area contributed by atoms with Gasteiger partial charge in [0.2, 0.25) is 0 Å². The van der Waals surface area contributed by atoms with Crippen LogP contribution in [0, 0.1) is 11.3 Å². The summed E-state index contributed by atoms with van der Waals surface area (Å²) in [7, 11) is 0. The highest BCUT2D eigenvalue weighted by Crippen LogP contribution is 2.27. The van der Waals surface area contributed by atoms with Gasteiger partial charge < -0.3 is 20.1 Å². The molecule has 0 aromatic heterocycles. The van der Waals surface area contributed by atoms with Crippen LogP contribution in [0.25, 0.3) is 0 Å². The summed E-state index contributed by atoms with van der Waals surface area (Å²) in [5, 5.41) is 5.86. The van der Waals surface area contributed by atoms with Crippen molar-refractivity contribution in [1.29, 1.82) is 0 Å². The van der Waals surface area contributed by atoms with Gasteiger partial charge in [0.15, 0.2) is 0 Å². The van der Waals surface area contributed by atoms with Gasteiger partial charge in [-0.15, -0.1) is 0 Å². The van der Waals surface area contributed by atoms with Crippen LogP contribution in [0.5, 0.6) is 0 Å². The first-order chi connectivity index (χ1) is 16.6. The zero-order chi connectivity index (χ0) is 25.7. The number of nitrogens with one attached hydrogen (secondary N) is 2. The number of carbonyl (C=O) groups is 2. The van der Waals surface area contributed by atoms with Gasteiger partial charge in [0.25, 0.3) is 0 Å². The minimum absolute atomic E-state index is 0.0561. The molecule has 2 saturated heterocycles. The second kappa shape index (κ2) is 16.3. The highest BCUT2D eigenvalue weighted by molar-refractivity contribution is 8.01. The standard InChI is InChI=1S/C25H42N2O4S4/c1-18(6-7-26-23(28)30-21-13-32-9-19(2)10-33-14-21)8-25(4,5)17-27-24(29)31-22-15-34-11-20(3)12-35-16-22/h18,21-22H,2-3,6-17H2,1,4-5H3,(H,26,28)(H,27,29). The SMILES string of the molecule is C=C1CSCC(OC(=O)NCCC(C)CC(C)(C)CNC(=O)OC2CSCC(=C)CSC2)CSC1. The van der Waals surface area contributed by atoms with E-state index in [-0.39, 0.29) is 29.8 Å². The van der Waals surface area contributed by atoms with E-state index < -0.39 is 0 Å². The molecule has 0 aliphatic carbocycles. The molecule has 200 valence electrons. The minimum atomic E-state index is -0.337. The zero-order valence-electron chi connectivity index (χ0n) is 21.4. The molecule has 0 saturated carbocycles. The Bertz CT molecular complexity index is 696. The van der Waals surface area contributed by atoms with E-state index in [0.717, 1.165) is 58.9 Å².